The lowest BCUT2D eigenvalue weighted by Crippen LogP contribution is -1.87. The molecule has 0 aliphatic heterocycles. The highest BCUT2D eigenvalue weighted by molar-refractivity contribution is 9.10. The van der Waals surface area contributed by atoms with Gasteiger partial charge in [-0.15, -0.1) is 0 Å². The molecule has 0 aliphatic carbocycles. The van der Waals surface area contributed by atoms with Crippen LogP contribution in [-0.4, -0.2) is 17.4 Å². The van der Waals surface area contributed by atoms with Gasteiger partial charge in [0, 0.05) is 16.1 Å². The zero-order valence-corrected chi connectivity index (χ0v) is 10.2. The Hall–Kier alpha value is -1.33. The predicted octanol–water partition coefficient (Wildman–Crippen LogP) is 2.61. The molecule has 0 saturated heterocycles. The fourth-order valence-corrected chi connectivity index (χ4v) is 1.76. The molecule has 2 aromatic rings. The Labute approximate surface area is 101 Å². The lowest BCUT2D eigenvalue weighted by Gasteiger charge is -2.05. The number of aliphatic hydroxyl groups excluding tert-OH is 1. The molecule has 0 bridgehead atoms. The largest absolute Gasteiger partial charge is 0.496 e. The van der Waals surface area contributed by atoms with Gasteiger partial charge in [0.05, 0.1) is 7.11 Å². The standard InChI is InChI=1S/C11H10BrNO3/c1-15-11-3-2-7(12)4-9(11)10-5-8(6-14)16-13-10/h2-5,14H,6H2,1H3. The van der Waals surface area contributed by atoms with Gasteiger partial charge in [0.15, 0.2) is 5.76 Å². The number of ether oxygens (including phenoxy) is 1. The van der Waals surface area contributed by atoms with E-state index in [1.807, 2.05) is 18.2 Å². The highest BCUT2D eigenvalue weighted by Crippen LogP contribution is 2.32. The molecule has 1 heterocycles. The van der Waals surface area contributed by atoms with E-state index in [2.05, 4.69) is 21.1 Å². The van der Waals surface area contributed by atoms with Gasteiger partial charge in [-0.1, -0.05) is 21.1 Å². The van der Waals surface area contributed by atoms with E-state index in [0.717, 1.165) is 10.0 Å². The minimum Gasteiger partial charge on any atom is -0.496 e. The summed E-state index contributed by atoms with van der Waals surface area (Å²) in [7, 11) is 1.60. The van der Waals surface area contributed by atoms with Crippen LogP contribution in [0.4, 0.5) is 0 Å². The maximum atomic E-state index is 8.90. The van der Waals surface area contributed by atoms with Crippen molar-refractivity contribution in [3.05, 3.63) is 34.5 Å². The fraction of sp³-hybridized carbons (Fsp3) is 0.182. The van der Waals surface area contributed by atoms with Crippen LogP contribution in [0.5, 0.6) is 5.75 Å². The molecule has 0 unspecified atom stereocenters. The van der Waals surface area contributed by atoms with E-state index in [9.17, 15) is 0 Å². The average Bonchev–Trinajstić information content (AvgIpc) is 2.77. The van der Waals surface area contributed by atoms with Crippen LogP contribution >= 0.6 is 15.9 Å². The highest BCUT2D eigenvalue weighted by atomic mass is 79.9. The number of aliphatic hydroxyl groups is 1. The number of rotatable bonds is 3. The first kappa shape index (κ1) is 11.2. The number of methoxy groups -OCH3 is 1. The Morgan fingerprint density at radius 2 is 2.25 bits per heavy atom. The SMILES string of the molecule is COc1ccc(Br)cc1-c1cc(CO)on1. The average molecular weight is 284 g/mol. The summed E-state index contributed by atoms with van der Waals surface area (Å²) >= 11 is 3.38. The van der Waals surface area contributed by atoms with Crippen molar-refractivity contribution in [2.45, 2.75) is 6.61 Å². The molecule has 16 heavy (non-hydrogen) atoms. The summed E-state index contributed by atoms with van der Waals surface area (Å²) in [5.74, 6) is 1.14. The van der Waals surface area contributed by atoms with Crippen LogP contribution in [0.25, 0.3) is 11.3 Å². The second kappa shape index (κ2) is 4.67. The van der Waals surface area contributed by atoms with Crippen molar-refractivity contribution >= 4 is 15.9 Å². The smallest absolute Gasteiger partial charge is 0.162 e. The zero-order valence-electron chi connectivity index (χ0n) is 8.61. The number of aromatic nitrogens is 1. The summed E-state index contributed by atoms with van der Waals surface area (Å²) < 4.78 is 11.1. The molecule has 0 radical (unpaired) electrons. The number of hydrogen-bond acceptors (Lipinski definition) is 4. The van der Waals surface area contributed by atoms with Crippen molar-refractivity contribution in [3.63, 3.8) is 0 Å². The summed E-state index contributed by atoms with van der Waals surface area (Å²) in [6, 6.07) is 7.30. The molecule has 0 atom stereocenters. The Morgan fingerprint density at radius 1 is 1.44 bits per heavy atom. The maximum Gasteiger partial charge on any atom is 0.162 e. The molecule has 84 valence electrons. The first-order chi connectivity index (χ1) is 7.74. The molecule has 0 aliphatic rings. The van der Waals surface area contributed by atoms with Crippen molar-refractivity contribution in [2.75, 3.05) is 7.11 Å². The van der Waals surface area contributed by atoms with Gasteiger partial charge in [-0.25, -0.2) is 0 Å². The molecule has 0 fully saturated rings. The number of nitrogens with zero attached hydrogens (tertiary/aromatic N) is 1. The normalized spacial score (nSPS) is 10.4. The lowest BCUT2D eigenvalue weighted by molar-refractivity contribution is 0.229. The van der Waals surface area contributed by atoms with Gasteiger partial charge in [-0.05, 0) is 18.2 Å². The molecule has 0 amide bonds. The predicted molar refractivity (Wildman–Crippen MR) is 62.1 cm³/mol. The van der Waals surface area contributed by atoms with Crippen LogP contribution in [0.2, 0.25) is 0 Å². The molecule has 1 N–H and O–H groups in total. The van der Waals surface area contributed by atoms with Crippen LogP contribution in [-0.2, 0) is 6.61 Å². The number of halogens is 1. The van der Waals surface area contributed by atoms with Crippen LogP contribution in [0.3, 0.4) is 0 Å². The molecule has 2 rings (SSSR count). The minimum atomic E-state index is -0.163. The van der Waals surface area contributed by atoms with E-state index in [1.165, 1.54) is 0 Å². The van der Waals surface area contributed by atoms with Gasteiger partial charge in [0.25, 0.3) is 0 Å². The Kier molecular flexibility index (Phi) is 3.26. The molecule has 4 nitrogen and oxygen atoms in total. The van der Waals surface area contributed by atoms with E-state index >= 15 is 0 Å². The molecular weight excluding hydrogens is 274 g/mol. The Bertz CT molecular complexity index is 496. The van der Waals surface area contributed by atoms with Crippen LogP contribution in [0.15, 0.2) is 33.3 Å². The Morgan fingerprint density at radius 3 is 2.88 bits per heavy atom. The number of hydrogen-bond donors (Lipinski definition) is 1. The molecule has 1 aromatic carbocycles. The molecular formula is C11H10BrNO3. The van der Waals surface area contributed by atoms with Crippen molar-refractivity contribution in [3.8, 4) is 17.0 Å². The Balaban J connectivity index is 2.49. The second-order valence-electron chi connectivity index (χ2n) is 3.18. The molecule has 1 aromatic heterocycles. The number of benzene rings is 1. The third-order valence-corrected chi connectivity index (χ3v) is 2.65. The maximum absolute atomic E-state index is 8.90. The van der Waals surface area contributed by atoms with E-state index in [0.29, 0.717) is 17.2 Å². The molecule has 0 saturated carbocycles. The van der Waals surface area contributed by atoms with E-state index in [-0.39, 0.29) is 6.61 Å². The summed E-state index contributed by atoms with van der Waals surface area (Å²) in [6.45, 7) is -0.163. The summed E-state index contributed by atoms with van der Waals surface area (Å²) in [6.07, 6.45) is 0. The van der Waals surface area contributed by atoms with Gasteiger partial charge in [-0.3, -0.25) is 0 Å². The van der Waals surface area contributed by atoms with Crippen LogP contribution in [0.1, 0.15) is 5.76 Å². The molecule has 0 spiro atoms. The van der Waals surface area contributed by atoms with E-state index in [4.69, 9.17) is 14.4 Å². The highest BCUT2D eigenvalue weighted by Gasteiger charge is 2.11. The van der Waals surface area contributed by atoms with Crippen LogP contribution < -0.4 is 4.74 Å². The van der Waals surface area contributed by atoms with Gasteiger partial charge < -0.3 is 14.4 Å². The zero-order chi connectivity index (χ0) is 11.5. The van der Waals surface area contributed by atoms with E-state index in [1.54, 1.807) is 13.2 Å². The quantitative estimate of drug-likeness (QED) is 0.941. The van der Waals surface area contributed by atoms with Crippen molar-refractivity contribution < 1.29 is 14.4 Å². The first-order valence-electron chi connectivity index (χ1n) is 4.65. The fourth-order valence-electron chi connectivity index (χ4n) is 1.39. The van der Waals surface area contributed by atoms with Crippen molar-refractivity contribution in [1.82, 2.24) is 5.16 Å². The first-order valence-corrected chi connectivity index (χ1v) is 5.44. The third kappa shape index (κ3) is 2.10. The van der Waals surface area contributed by atoms with Gasteiger partial charge in [0.1, 0.15) is 18.1 Å². The van der Waals surface area contributed by atoms with E-state index < -0.39 is 0 Å². The third-order valence-electron chi connectivity index (χ3n) is 2.15. The van der Waals surface area contributed by atoms with Crippen molar-refractivity contribution in [2.24, 2.45) is 0 Å². The summed E-state index contributed by atoms with van der Waals surface area (Å²) in [4.78, 5) is 0. The van der Waals surface area contributed by atoms with Gasteiger partial charge in [-0.2, -0.15) is 0 Å². The second-order valence-corrected chi connectivity index (χ2v) is 4.10. The van der Waals surface area contributed by atoms with Crippen molar-refractivity contribution in [1.29, 1.82) is 0 Å². The topological polar surface area (TPSA) is 55.5 Å². The summed E-state index contributed by atoms with van der Waals surface area (Å²) in [5, 5.41) is 12.8. The molecule has 5 heteroatoms. The van der Waals surface area contributed by atoms with Crippen LogP contribution in [0, 0.1) is 0 Å². The summed E-state index contributed by atoms with van der Waals surface area (Å²) in [5.41, 5.74) is 1.46. The van der Waals surface area contributed by atoms with Gasteiger partial charge in [0.2, 0.25) is 0 Å². The van der Waals surface area contributed by atoms with Gasteiger partial charge >= 0.3 is 0 Å². The monoisotopic (exact) mass is 283 g/mol. The lowest BCUT2D eigenvalue weighted by atomic mass is 10.1. The minimum absolute atomic E-state index is 0.163.